The number of carbonyl (C=O) groups is 1. The largest absolute Gasteiger partial charge is 0.497 e. The van der Waals surface area contributed by atoms with Gasteiger partial charge in [0.1, 0.15) is 11.4 Å². The van der Waals surface area contributed by atoms with Crippen LogP contribution in [0.2, 0.25) is 0 Å². The van der Waals surface area contributed by atoms with Gasteiger partial charge in [-0.25, -0.2) is 0 Å². The summed E-state index contributed by atoms with van der Waals surface area (Å²) in [7, 11) is 1.58. The van der Waals surface area contributed by atoms with Gasteiger partial charge >= 0.3 is 0 Å². The average Bonchev–Trinajstić information content (AvgIpc) is 3.39. The standard InChI is InChI=1S/C24H17BrN4O4/c1-33-17-12-6-14(7-13-17)21-20-22(27-26-21)24(30)28(16-10-8-15(25)9-11-16)23(20)18-4-2-3-5-19(18)29(31)32/h2-13,23H,1H3,(H,26,27). The molecule has 0 radical (unpaired) electrons. The SMILES string of the molecule is COc1ccc(-c2n[nH]c3c2C(c2ccccc2[N+](=O)[O-])N(c2ccc(Br)cc2)C3=O)cc1. The minimum atomic E-state index is -0.730. The summed E-state index contributed by atoms with van der Waals surface area (Å²) in [6.07, 6.45) is 0. The van der Waals surface area contributed by atoms with Crippen LogP contribution in [0.4, 0.5) is 11.4 Å². The van der Waals surface area contributed by atoms with Crippen molar-refractivity contribution in [2.24, 2.45) is 0 Å². The van der Waals surface area contributed by atoms with E-state index in [1.165, 1.54) is 6.07 Å². The molecule has 1 amide bonds. The van der Waals surface area contributed by atoms with Gasteiger partial charge in [-0.3, -0.25) is 24.9 Å². The molecule has 0 bridgehead atoms. The van der Waals surface area contributed by atoms with Gasteiger partial charge < -0.3 is 4.74 Å². The average molecular weight is 505 g/mol. The monoisotopic (exact) mass is 504 g/mol. The summed E-state index contributed by atoms with van der Waals surface area (Å²) in [5.41, 5.74) is 3.21. The third kappa shape index (κ3) is 3.46. The summed E-state index contributed by atoms with van der Waals surface area (Å²) in [4.78, 5) is 26.6. The number of fused-ring (bicyclic) bond motifs is 1. The lowest BCUT2D eigenvalue weighted by Crippen LogP contribution is -2.29. The molecule has 1 atom stereocenters. The van der Waals surface area contributed by atoms with Crippen LogP contribution in [-0.2, 0) is 0 Å². The van der Waals surface area contributed by atoms with Gasteiger partial charge in [-0.2, -0.15) is 5.10 Å². The number of anilines is 1. The number of nitrogens with one attached hydrogen (secondary N) is 1. The fourth-order valence-corrected chi connectivity index (χ4v) is 4.43. The maximum atomic E-state index is 13.5. The van der Waals surface area contributed by atoms with Crippen molar-refractivity contribution in [3.05, 3.63) is 104 Å². The number of amides is 1. The highest BCUT2D eigenvalue weighted by molar-refractivity contribution is 9.10. The number of rotatable bonds is 5. The molecule has 0 spiro atoms. The van der Waals surface area contributed by atoms with Crippen LogP contribution in [0.15, 0.2) is 77.3 Å². The number of carbonyl (C=O) groups excluding carboxylic acids is 1. The van der Waals surface area contributed by atoms with Crippen LogP contribution in [0.25, 0.3) is 11.3 Å². The van der Waals surface area contributed by atoms with Crippen LogP contribution in [0.5, 0.6) is 5.75 Å². The summed E-state index contributed by atoms with van der Waals surface area (Å²) in [5.74, 6) is 0.386. The minimum absolute atomic E-state index is 0.0628. The highest BCUT2D eigenvalue weighted by Crippen LogP contribution is 2.47. The number of nitrogens with zero attached hydrogens (tertiary/aromatic N) is 3. The minimum Gasteiger partial charge on any atom is -0.497 e. The van der Waals surface area contributed by atoms with Crippen molar-refractivity contribution in [2.75, 3.05) is 12.0 Å². The predicted octanol–water partition coefficient (Wildman–Crippen LogP) is 5.51. The number of nitro benzene ring substituents is 1. The van der Waals surface area contributed by atoms with E-state index in [9.17, 15) is 14.9 Å². The van der Waals surface area contributed by atoms with E-state index >= 15 is 0 Å². The van der Waals surface area contributed by atoms with E-state index in [0.717, 1.165) is 10.0 Å². The van der Waals surface area contributed by atoms with Gasteiger partial charge in [-0.1, -0.05) is 28.1 Å². The number of halogens is 1. The highest BCUT2D eigenvalue weighted by Gasteiger charge is 2.45. The first-order valence-electron chi connectivity index (χ1n) is 10.0. The lowest BCUT2D eigenvalue weighted by Gasteiger charge is -2.26. The van der Waals surface area contributed by atoms with Crippen LogP contribution < -0.4 is 9.64 Å². The molecule has 2 heterocycles. The van der Waals surface area contributed by atoms with Crippen molar-refractivity contribution in [3.63, 3.8) is 0 Å². The van der Waals surface area contributed by atoms with Crippen molar-refractivity contribution >= 4 is 33.2 Å². The molecule has 0 aliphatic carbocycles. The number of nitro groups is 1. The lowest BCUT2D eigenvalue weighted by molar-refractivity contribution is -0.385. The van der Waals surface area contributed by atoms with Crippen LogP contribution in [0.3, 0.4) is 0 Å². The summed E-state index contributed by atoms with van der Waals surface area (Å²) in [5, 5.41) is 19.2. The molecule has 1 aliphatic heterocycles. The lowest BCUT2D eigenvalue weighted by atomic mass is 9.94. The van der Waals surface area contributed by atoms with Gasteiger partial charge in [0.15, 0.2) is 0 Å². The molecule has 1 N–H and O–H groups in total. The maximum absolute atomic E-state index is 13.5. The number of aromatic nitrogens is 2. The molecule has 5 rings (SSSR count). The van der Waals surface area contributed by atoms with E-state index in [0.29, 0.717) is 34.0 Å². The van der Waals surface area contributed by atoms with E-state index < -0.39 is 11.0 Å². The Kier molecular flexibility index (Phi) is 5.18. The van der Waals surface area contributed by atoms with Gasteiger partial charge in [-0.05, 0) is 54.6 Å². The molecule has 1 aliphatic rings. The van der Waals surface area contributed by atoms with Crippen LogP contribution in [-0.4, -0.2) is 28.1 Å². The maximum Gasteiger partial charge on any atom is 0.277 e. The number of hydrogen-bond acceptors (Lipinski definition) is 5. The van der Waals surface area contributed by atoms with E-state index in [1.807, 2.05) is 24.3 Å². The Morgan fingerprint density at radius 3 is 2.42 bits per heavy atom. The quantitative estimate of drug-likeness (QED) is 0.285. The normalized spacial score (nSPS) is 14.9. The Bertz CT molecular complexity index is 1370. The van der Waals surface area contributed by atoms with E-state index in [-0.39, 0.29) is 11.6 Å². The molecule has 9 heteroatoms. The van der Waals surface area contributed by atoms with Crippen LogP contribution >= 0.6 is 15.9 Å². The molecule has 0 saturated heterocycles. The molecule has 0 saturated carbocycles. The first kappa shape index (κ1) is 20.9. The van der Waals surface area contributed by atoms with Crippen molar-refractivity contribution < 1.29 is 14.5 Å². The third-order valence-electron chi connectivity index (χ3n) is 5.66. The van der Waals surface area contributed by atoms with Crippen molar-refractivity contribution in [1.82, 2.24) is 10.2 Å². The molecule has 3 aromatic carbocycles. The number of methoxy groups -OCH3 is 1. The van der Waals surface area contributed by atoms with E-state index in [4.69, 9.17) is 4.74 Å². The predicted molar refractivity (Wildman–Crippen MR) is 126 cm³/mol. The second kappa shape index (κ2) is 8.18. The van der Waals surface area contributed by atoms with Gasteiger partial charge in [0.2, 0.25) is 0 Å². The van der Waals surface area contributed by atoms with Gasteiger partial charge in [0.25, 0.3) is 11.6 Å². The fourth-order valence-electron chi connectivity index (χ4n) is 4.16. The summed E-state index contributed by atoms with van der Waals surface area (Å²) < 4.78 is 6.10. The summed E-state index contributed by atoms with van der Waals surface area (Å²) in [6.45, 7) is 0. The van der Waals surface area contributed by atoms with E-state index in [2.05, 4.69) is 26.1 Å². The Morgan fingerprint density at radius 2 is 1.76 bits per heavy atom. The second-order valence-electron chi connectivity index (χ2n) is 7.46. The van der Waals surface area contributed by atoms with Crippen molar-refractivity contribution in [2.45, 2.75) is 6.04 Å². The van der Waals surface area contributed by atoms with Crippen LogP contribution in [0.1, 0.15) is 27.7 Å². The number of para-hydroxylation sites is 1. The van der Waals surface area contributed by atoms with Gasteiger partial charge in [-0.15, -0.1) is 0 Å². The first-order valence-corrected chi connectivity index (χ1v) is 10.8. The molecule has 164 valence electrons. The Hall–Kier alpha value is -3.98. The smallest absolute Gasteiger partial charge is 0.277 e. The topological polar surface area (TPSA) is 101 Å². The number of H-pyrrole nitrogens is 1. The molecule has 0 fully saturated rings. The number of benzene rings is 3. The Labute approximate surface area is 197 Å². The Morgan fingerprint density at radius 1 is 1.06 bits per heavy atom. The zero-order valence-electron chi connectivity index (χ0n) is 17.4. The first-order chi connectivity index (χ1) is 16.0. The molecule has 1 unspecified atom stereocenters. The molecule has 8 nitrogen and oxygen atoms in total. The molecular weight excluding hydrogens is 488 g/mol. The number of ether oxygens (including phenoxy) is 1. The summed E-state index contributed by atoms with van der Waals surface area (Å²) in [6, 6.07) is 20.3. The third-order valence-corrected chi connectivity index (χ3v) is 6.19. The van der Waals surface area contributed by atoms with Gasteiger partial charge in [0.05, 0.1) is 29.3 Å². The van der Waals surface area contributed by atoms with Crippen LogP contribution in [0, 0.1) is 10.1 Å². The fraction of sp³-hybridized carbons (Fsp3) is 0.0833. The second-order valence-corrected chi connectivity index (χ2v) is 8.38. The van der Waals surface area contributed by atoms with Crippen molar-refractivity contribution in [1.29, 1.82) is 0 Å². The van der Waals surface area contributed by atoms with Crippen molar-refractivity contribution in [3.8, 4) is 17.0 Å². The molecule has 33 heavy (non-hydrogen) atoms. The zero-order valence-corrected chi connectivity index (χ0v) is 18.9. The molecule has 1 aromatic heterocycles. The zero-order chi connectivity index (χ0) is 23.1. The summed E-state index contributed by atoms with van der Waals surface area (Å²) >= 11 is 3.42. The molecule has 4 aromatic rings. The number of hydrogen-bond donors (Lipinski definition) is 1. The molecular formula is C24H17BrN4O4. The highest BCUT2D eigenvalue weighted by atomic mass is 79.9. The number of aromatic amines is 1. The Balaban J connectivity index is 1.74. The van der Waals surface area contributed by atoms with E-state index in [1.54, 1.807) is 54.5 Å². The van der Waals surface area contributed by atoms with Gasteiger partial charge in [0, 0.05) is 27.4 Å².